The second-order valence-corrected chi connectivity index (χ2v) is 19.7. The number of hydrogen-bond acceptors (Lipinski definition) is 18. The molecule has 0 unspecified atom stereocenters. The number of piperidine rings is 2. The van der Waals surface area contributed by atoms with Crippen molar-refractivity contribution in [2.45, 2.75) is 47.8 Å². The molecule has 4 aromatic heterocycles. The minimum atomic E-state index is -3.68. The molecule has 2 fully saturated rings. The lowest BCUT2D eigenvalue weighted by molar-refractivity contribution is 0.103. The summed E-state index contributed by atoms with van der Waals surface area (Å²) in [6.45, 7) is 1.13. The van der Waals surface area contributed by atoms with Gasteiger partial charge in [-0.1, -0.05) is 24.4 Å². The third-order valence-corrected chi connectivity index (χ3v) is 15.2. The lowest BCUT2D eigenvalue weighted by Crippen LogP contribution is -2.42. The van der Waals surface area contributed by atoms with Crippen molar-refractivity contribution in [2.24, 2.45) is 0 Å². The summed E-state index contributed by atoms with van der Waals surface area (Å²) in [4.78, 5) is 37.2. The number of ether oxygens (including phenoxy) is 2. The molecule has 19 nitrogen and oxygen atoms in total. The molecule has 0 amide bonds. The van der Waals surface area contributed by atoms with Crippen molar-refractivity contribution >= 4 is 66.4 Å². The standard InChI is InChI=1S/C22H22F2N6O4S.C22H22F2N6O3S2/c1-34-16-6-5-15(23)19(24)18(16)20(31)14-12-27-22(29-21(14)25)28-13-7-10-30(11-8-13)35(32,33)17-4-2-3-9-26-17;1-33-16-6-5-15(23)19(24)18(16)20(34)14-12-27-22(29-21(14)25)28-13-7-10-30(11-8-13)35(31,32)17-4-2-3-9-26-17/h2*2-6,9,12-13H,7-8,10-11H2,1H3,(H3,25,27,28,29). The highest BCUT2D eigenvalue weighted by Gasteiger charge is 2.33. The van der Waals surface area contributed by atoms with Gasteiger partial charge in [-0.25, -0.2) is 54.3 Å². The number of benzene rings is 2. The van der Waals surface area contributed by atoms with Gasteiger partial charge < -0.3 is 31.6 Å². The summed E-state index contributed by atoms with van der Waals surface area (Å²) in [7, 11) is -4.80. The highest BCUT2D eigenvalue weighted by atomic mass is 32.2. The maximum absolute atomic E-state index is 14.4. The summed E-state index contributed by atoms with van der Waals surface area (Å²) < 4.78 is 120. The molecule has 2 saturated heterocycles. The number of carbonyl (C=O) groups is 1. The van der Waals surface area contributed by atoms with Crippen LogP contribution in [0.3, 0.4) is 0 Å². The molecule has 2 aliphatic heterocycles. The number of nitrogens with zero attached hydrogens (tertiary/aromatic N) is 8. The number of carbonyl (C=O) groups excluding carboxylic acids is 1. The van der Waals surface area contributed by atoms with E-state index in [1.54, 1.807) is 24.3 Å². The number of methoxy groups -OCH3 is 2. The van der Waals surface area contributed by atoms with Gasteiger partial charge in [0.05, 0.1) is 35.8 Å². The number of aromatic nitrogens is 6. The van der Waals surface area contributed by atoms with Gasteiger partial charge in [-0.2, -0.15) is 18.6 Å². The zero-order chi connectivity index (χ0) is 50.3. The summed E-state index contributed by atoms with van der Waals surface area (Å²) in [5, 5.41) is 6.22. The van der Waals surface area contributed by atoms with E-state index in [9.17, 15) is 39.2 Å². The van der Waals surface area contributed by atoms with E-state index < -0.39 is 54.7 Å². The van der Waals surface area contributed by atoms with Gasteiger partial charge in [-0.3, -0.25) is 4.79 Å². The lowest BCUT2D eigenvalue weighted by atomic mass is 10.0. The summed E-state index contributed by atoms with van der Waals surface area (Å²) in [6.07, 6.45) is 7.30. The fourth-order valence-corrected chi connectivity index (χ4v) is 10.6. The van der Waals surface area contributed by atoms with Gasteiger partial charge >= 0.3 is 0 Å². The minimum absolute atomic E-state index is 0.00543. The zero-order valence-electron chi connectivity index (χ0n) is 37.2. The van der Waals surface area contributed by atoms with Crippen molar-refractivity contribution in [2.75, 3.05) is 62.5 Å². The van der Waals surface area contributed by atoms with Crippen LogP contribution in [0, 0.1) is 23.3 Å². The van der Waals surface area contributed by atoms with Crippen LogP contribution in [0.15, 0.2) is 95.5 Å². The Kier molecular flexibility index (Phi) is 15.8. The number of sulfonamides is 2. The predicted octanol–water partition coefficient (Wildman–Crippen LogP) is 5.01. The molecule has 2 aromatic carbocycles. The number of nitrogens with one attached hydrogen (secondary N) is 2. The summed E-state index contributed by atoms with van der Waals surface area (Å²) >= 11 is 5.33. The quantitative estimate of drug-likeness (QED) is 0.0635. The summed E-state index contributed by atoms with van der Waals surface area (Å²) in [5.41, 5.74) is 11.1. The molecule has 0 saturated carbocycles. The van der Waals surface area contributed by atoms with E-state index in [1.807, 2.05) is 0 Å². The summed E-state index contributed by atoms with van der Waals surface area (Å²) in [5.74, 6) is -5.71. The number of nitrogen functional groups attached to an aromatic ring is 2. The molecular formula is C44H44F4N12O7S3. The molecule has 6 aromatic rings. The Bertz CT molecular complexity index is 2910. The number of nitrogens with two attached hydrogens (primary N) is 2. The first-order chi connectivity index (χ1) is 33.4. The van der Waals surface area contributed by atoms with E-state index in [1.165, 1.54) is 59.6 Å². The van der Waals surface area contributed by atoms with Crippen LogP contribution in [0.5, 0.6) is 11.5 Å². The van der Waals surface area contributed by atoms with Crippen molar-refractivity contribution in [1.82, 2.24) is 38.5 Å². The predicted molar refractivity (Wildman–Crippen MR) is 252 cm³/mol. The number of ketones is 1. The van der Waals surface area contributed by atoms with Gasteiger partial charge in [-0.05, 0) is 74.2 Å². The van der Waals surface area contributed by atoms with Crippen molar-refractivity contribution in [3.05, 3.63) is 131 Å². The second-order valence-electron chi connectivity index (χ2n) is 15.5. The Balaban J connectivity index is 0.000000206. The van der Waals surface area contributed by atoms with Crippen LogP contribution in [0.2, 0.25) is 0 Å². The molecule has 0 bridgehead atoms. The van der Waals surface area contributed by atoms with E-state index in [0.717, 1.165) is 24.4 Å². The van der Waals surface area contributed by atoms with Crippen molar-refractivity contribution in [3.63, 3.8) is 0 Å². The molecule has 70 heavy (non-hydrogen) atoms. The number of rotatable bonds is 14. The first-order valence-corrected chi connectivity index (χ1v) is 24.5. The number of hydrogen-bond donors (Lipinski definition) is 4. The molecule has 26 heteroatoms. The van der Waals surface area contributed by atoms with Gasteiger partial charge in [0.25, 0.3) is 20.0 Å². The maximum Gasteiger partial charge on any atom is 0.260 e. The number of halogens is 4. The largest absolute Gasteiger partial charge is 0.496 e. The fourth-order valence-electron chi connectivity index (χ4n) is 7.49. The molecule has 6 heterocycles. The minimum Gasteiger partial charge on any atom is -0.496 e. The van der Waals surface area contributed by atoms with Crippen LogP contribution in [0.1, 0.15) is 52.7 Å². The van der Waals surface area contributed by atoms with E-state index in [4.69, 9.17) is 33.2 Å². The topological polar surface area (TPSA) is 264 Å². The van der Waals surface area contributed by atoms with Crippen LogP contribution < -0.4 is 31.6 Å². The molecule has 0 radical (unpaired) electrons. The molecule has 368 valence electrons. The van der Waals surface area contributed by atoms with Gasteiger partial charge in [0.2, 0.25) is 17.7 Å². The van der Waals surface area contributed by atoms with E-state index in [-0.39, 0.29) is 91.8 Å². The lowest BCUT2D eigenvalue weighted by Gasteiger charge is -2.31. The molecule has 2 aliphatic rings. The van der Waals surface area contributed by atoms with Crippen LogP contribution in [-0.2, 0) is 20.0 Å². The van der Waals surface area contributed by atoms with Crippen molar-refractivity contribution in [1.29, 1.82) is 0 Å². The smallest absolute Gasteiger partial charge is 0.260 e. The molecule has 8 rings (SSSR count). The van der Waals surface area contributed by atoms with Crippen LogP contribution in [0.25, 0.3) is 0 Å². The molecule has 0 atom stereocenters. The van der Waals surface area contributed by atoms with Gasteiger partial charge in [-0.15, -0.1) is 0 Å². The number of anilines is 4. The van der Waals surface area contributed by atoms with Crippen LogP contribution in [0.4, 0.5) is 41.1 Å². The fraction of sp³-hybridized carbons (Fsp3) is 0.273. The Hall–Kier alpha value is -7.00. The van der Waals surface area contributed by atoms with Gasteiger partial charge in [0.15, 0.2) is 33.3 Å². The third kappa shape index (κ3) is 11.0. The number of pyridine rings is 2. The molecule has 0 spiro atoms. The monoisotopic (exact) mass is 1020 g/mol. The zero-order valence-corrected chi connectivity index (χ0v) is 39.7. The second kappa shape index (κ2) is 21.7. The Labute approximate surface area is 404 Å². The van der Waals surface area contributed by atoms with Crippen LogP contribution >= 0.6 is 12.2 Å². The Morgan fingerprint density at radius 1 is 0.629 bits per heavy atom. The molecule has 0 aliphatic carbocycles. The maximum atomic E-state index is 14.4. The third-order valence-electron chi connectivity index (χ3n) is 11.2. The SMILES string of the molecule is COc1ccc(F)c(F)c1C(=O)c1cnc(NC2CCN(S(=O)(=O)c3ccccn3)CC2)nc1N.COc1ccc(F)c(F)c1C(=S)c1cnc(NC2CCN(S(=O)(=O)c3ccccn3)CC2)nc1N. The van der Waals surface area contributed by atoms with Gasteiger partial charge in [0, 0.05) is 63.1 Å². The molecule has 6 N–H and O–H groups in total. The average Bonchev–Trinajstić information content (AvgIpc) is 3.36. The van der Waals surface area contributed by atoms with Crippen molar-refractivity contribution in [3.8, 4) is 11.5 Å². The van der Waals surface area contributed by atoms with E-state index in [2.05, 4.69) is 40.5 Å². The Morgan fingerprint density at radius 2 is 1.04 bits per heavy atom. The van der Waals surface area contributed by atoms with Crippen LogP contribution in [-0.4, -0.2) is 118 Å². The van der Waals surface area contributed by atoms with Crippen molar-refractivity contribution < 1.29 is 48.7 Å². The highest BCUT2D eigenvalue weighted by molar-refractivity contribution is 7.89. The number of thiocarbonyl (C=S) groups is 1. The van der Waals surface area contributed by atoms with E-state index in [0.29, 0.717) is 38.8 Å². The summed E-state index contributed by atoms with van der Waals surface area (Å²) in [6, 6.07) is 13.4. The first-order valence-electron chi connectivity index (χ1n) is 21.2. The molecular weight excluding hydrogens is 981 g/mol. The average molecular weight is 1030 g/mol. The Morgan fingerprint density at radius 3 is 1.44 bits per heavy atom. The first kappa shape index (κ1) is 50.9. The highest BCUT2D eigenvalue weighted by Crippen LogP contribution is 2.31. The van der Waals surface area contributed by atoms with E-state index >= 15 is 0 Å². The van der Waals surface area contributed by atoms with Gasteiger partial charge in [0.1, 0.15) is 28.7 Å². The normalized spacial score (nSPS) is 15.1.